The third-order valence-corrected chi connectivity index (χ3v) is 4.49. The molecule has 2 atom stereocenters. The first kappa shape index (κ1) is 16.4. The molecular weight excluding hydrogens is 258 g/mol. The molecule has 1 aromatic rings. The molecule has 2 heteroatoms. The first-order chi connectivity index (χ1) is 9.89. The zero-order valence-corrected chi connectivity index (χ0v) is 14.1. The minimum atomic E-state index is -0.145. The van der Waals surface area contributed by atoms with Crippen molar-refractivity contribution in [3.05, 3.63) is 29.8 Å². The van der Waals surface area contributed by atoms with Crippen LogP contribution in [0.25, 0.3) is 0 Å². The molecular formula is C19H31NO. The van der Waals surface area contributed by atoms with Gasteiger partial charge >= 0.3 is 0 Å². The van der Waals surface area contributed by atoms with Crippen LogP contribution in [-0.2, 0) is 5.54 Å². The summed E-state index contributed by atoms with van der Waals surface area (Å²) >= 11 is 0. The molecule has 0 amide bonds. The van der Waals surface area contributed by atoms with Gasteiger partial charge in [0.2, 0.25) is 0 Å². The van der Waals surface area contributed by atoms with Gasteiger partial charge in [0.1, 0.15) is 5.75 Å². The fraction of sp³-hybridized carbons (Fsp3) is 0.684. The number of rotatable bonds is 5. The van der Waals surface area contributed by atoms with Crippen LogP contribution in [0.4, 0.5) is 0 Å². The molecule has 2 nitrogen and oxygen atoms in total. The molecule has 0 bridgehead atoms. The lowest BCUT2D eigenvalue weighted by molar-refractivity contribution is 0.202. The molecule has 0 aromatic heterocycles. The van der Waals surface area contributed by atoms with Crippen LogP contribution < -0.4 is 10.5 Å². The molecule has 0 aliphatic heterocycles. The Labute approximate surface area is 130 Å². The summed E-state index contributed by atoms with van der Waals surface area (Å²) in [7, 11) is 0. The van der Waals surface area contributed by atoms with Gasteiger partial charge < -0.3 is 10.5 Å². The van der Waals surface area contributed by atoms with E-state index in [1.807, 2.05) is 0 Å². The second-order valence-electron chi connectivity index (χ2n) is 7.44. The lowest BCUT2D eigenvalue weighted by atomic mass is 9.70. The van der Waals surface area contributed by atoms with Gasteiger partial charge in [0.15, 0.2) is 0 Å². The van der Waals surface area contributed by atoms with Crippen LogP contribution in [0.15, 0.2) is 24.3 Å². The third kappa shape index (κ3) is 4.47. The Bertz CT molecular complexity index is 437. The van der Waals surface area contributed by atoms with E-state index >= 15 is 0 Å². The maximum Gasteiger partial charge on any atom is 0.119 e. The molecule has 0 heterocycles. The summed E-state index contributed by atoms with van der Waals surface area (Å²) in [5.41, 5.74) is 7.88. The largest absolute Gasteiger partial charge is 0.491 e. The molecule has 2 rings (SSSR count). The van der Waals surface area contributed by atoms with E-state index in [1.54, 1.807) is 0 Å². The molecule has 1 fully saturated rings. The minimum absolute atomic E-state index is 0.145. The first-order valence-electron chi connectivity index (χ1n) is 8.45. The van der Waals surface area contributed by atoms with Crippen LogP contribution in [0, 0.1) is 11.8 Å². The molecule has 0 saturated heterocycles. The maximum absolute atomic E-state index is 6.76. The lowest BCUT2D eigenvalue weighted by Crippen LogP contribution is -2.41. The van der Waals surface area contributed by atoms with Gasteiger partial charge in [-0.1, -0.05) is 38.8 Å². The average molecular weight is 289 g/mol. The van der Waals surface area contributed by atoms with Crippen molar-refractivity contribution in [2.24, 2.45) is 17.6 Å². The van der Waals surface area contributed by atoms with Crippen LogP contribution >= 0.6 is 0 Å². The zero-order valence-electron chi connectivity index (χ0n) is 14.1. The minimum Gasteiger partial charge on any atom is -0.491 e. The van der Waals surface area contributed by atoms with Gasteiger partial charge in [-0.15, -0.1) is 0 Å². The Morgan fingerprint density at radius 1 is 1.19 bits per heavy atom. The quantitative estimate of drug-likeness (QED) is 0.839. The predicted octanol–water partition coefficient (Wildman–Crippen LogP) is 4.86. The van der Waals surface area contributed by atoms with Crippen molar-refractivity contribution >= 4 is 0 Å². The van der Waals surface area contributed by atoms with Gasteiger partial charge in [-0.3, -0.25) is 0 Å². The molecule has 1 saturated carbocycles. The Morgan fingerprint density at radius 2 is 1.86 bits per heavy atom. The fourth-order valence-corrected chi connectivity index (χ4v) is 3.69. The van der Waals surface area contributed by atoms with Crippen molar-refractivity contribution in [1.29, 1.82) is 0 Å². The van der Waals surface area contributed by atoms with Crippen molar-refractivity contribution in [3.63, 3.8) is 0 Å². The molecule has 1 aromatic carbocycles. The predicted molar refractivity (Wildman–Crippen MR) is 89.5 cm³/mol. The summed E-state index contributed by atoms with van der Waals surface area (Å²) in [5.74, 6) is 2.47. The van der Waals surface area contributed by atoms with Gasteiger partial charge in [-0.2, -0.15) is 0 Å². The second kappa shape index (κ2) is 6.83. The summed E-state index contributed by atoms with van der Waals surface area (Å²) in [6, 6.07) is 8.46. The highest BCUT2D eigenvalue weighted by atomic mass is 16.5. The average Bonchev–Trinajstić information content (AvgIpc) is 2.38. The summed E-state index contributed by atoms with van der Waals surface area (Å²) in [4.78, 5) is 0. The van der Waals surface area contributed by atoms with E-state index < -0.39 is 0 Å². The van der Waals surface area contributed by atoms with Gasteiger partial charge in [0, 0.05) is 5.54 Å². The number of benzene rings is 1. The number of hydrogen-bond acceptors (Lipinski definition) is 2. The zero-order chi connectivity index (χ0) is 15.5. The Hall–Kier alpha value is -1.02. The number of nitrogens with two attached hydrogens (primary N) is 1. The Balaban J connectivity index is 2.08. The van der Waals surface area contributed by atoms with E-state index in [2.05, 4.69) is 52.0 Å². The topological polar surface area (TPSA) is 35.2 Å². The fourth-order valence-electron chi connectivity index (χ4n) is 3.69. The highest BCUT2D eigenvalue weighted by molar-refractivity contribution is 5.32. The normalized spacial score (nSPS) is 26.3. The van der Waals surface area contributed by atoms with Crippen LogP contribution in [-0.4, -0.2) is 6.10 Å². The van der Waals surface area contributed by atoms with E-state index in [0.717, 1.165) is 30.4 Å². The van der Waals surface area contributed by atoms with Crippen molar-refractivity contribution in [3.8, 4) is 5.75 Å². The van der Waals surface area contributed by atoms with E-state index in [4.69, 9.17) is 10.5 Å². The maximum atomic E-state index is 6.76. The highest BCUT2D eigenvalue weighted by Gasteiger charge is 2.34. The van der Waals surface area contributed by atoms with E-state index in [9.17, 15) is 0 Å². The highest BCUT2D eigenvalue weighted by Crippen LogP contribution is 2.40. The molecule has 1 aliphatic carbocycles. The van der Waals surface area contributed by atoms with Crippen LogP contribution in [0.5, 0.6) is 5.75 Å². The Morgan fingerprint density at radius 3 is 2.43 bits per heavy atom. The first-order valence-corrected chi connectivity index (χ1v) is 8.45. The van der Waals surface area contributed by atoms with Crippen molar-refractivity contribution in [2.45, 2.75) is 71.4 Å². The summed E-state index contributed by atoms with van der Waals surface area (Å²) in [6.07, 6.45) is 6.33. The lowest BCUT2D eigenvalue weighted by Gasteiger charge is -2.39. The van der Waals surface area contributed by atoms with Gasteiger partial charge in [-0.25, -0.2) is 0 Å². The summed E-state index contributed by atoms with van der Waals surface area (Å²) in [6.45, 7) is 8.72. The van der Waals surface area contributed by atoms with E-state index in [1.165, 1.54) is 24.8 Å². The van der Waals surface area contributed by atoms with Crippen molar-refractivity contribution < 1.29 is 4.74 Å². The Kier molecular flexibility index (Phi) is 5.32. The second-order valence-corrected chi connectivity index (χ2v) is 7.44. The molecule has 2 N–H and O–H groups in total. The molecule has 118 valence electrons. The van der Waals surface area contributed by atoms with E-state index in [-0.39, 0.29) is 11.6 Å². The van der Waals surface area contributed by atoms with Gasteiger partial charge in [0.05, 0.1) is 6.10 Å². The van der Waals surface area contributed by atoms with E-state index in [0.29, 0.717) is 0 Å². The van der Waals surface area contributed by atoms with Crippen molar-refractivity contribution in [1.82, 2.24) is 0 Å². The summed E-state index contributed by atoms with van der Waals surface area (Å²) in [5, 5.41) is 0. The molecule has 0 radical (unpaired) electrons. The molecule has 0 spiro atoms. The monoisotopic (exact) mass is 289 g/mol. The number of hydrogen-bond donors (Lipinski definition) is 1. The molecule has 1 aliphatic rings. The standard InChI is InChI=1S/C19H31NO/c1-14(2)12-16-6-5-11-19(20,13-16)17-7-9-18(10-8-17)21-15(3)4/h7-10,14-16H,5-6,11-13,20H2,1-4H3. The van der Waals surface area contributed by atoms with Crippen LogP contribution in [0.3, 0.4) is 0 Å². The number of ether oxygens (including phenoxy) is 1. The molecule has 2 unspecified atom stereocenters. The van der Waals surface area contributed by atoms with Crippen molar-refractivity contribution in [2.75, 3.05) is 0 Å². The van der Waals surface area contributed by atoms with Gasteiger partial charge in [-0.05, 0) is 62.6 Å². The third-order valence-electron chi connectivity index (χ3n) is 4.49. The van der Waals surface area contributed by atoms with Crippen LogP contribution in [0.2, 0.25) is 0 Å². The molecule has 21 heavy (non-hydrogen) atoms. The SMILES string of the molecule is CC(C)CC1CCCC(N)(c2ccc(OC(C)C)cc2)C1. The van der Waals surface area contributed by atoms with Gasteiger partial charge in [0.25, 0.3) is 0 Å². The summed E-state index contributed by atoms with van der Waals surface area (Å²) < 4.78 is 5.72. The van der Waals surface area contributed by atoms with Crippen LogP contribution in [0.1, 0.15) is 65.4 Å². The smallest absolute Gasteiger partial charge is 0.119 e.